The zero-order valence-electron chi connectivity index (χ0n) is 16.7. The lowest BCUT2D eigenvalue weighted by atomic mass is 10.1. The zero-order valence-corrected chi connectivity index (χ0v) is 17.5. The lowest BCUT2D eigenvalue weighted by molar-refractivity contribution is -0.140. The van der Waals surface area contributed by atoms with Crippen molar-refractivity contribution in [1.82, 2.24) is 24.8 Å². The third kappa shape index (κ3) is 5.22. The van der Waals surface area contributed by atoms with Gasteiger partial charge in [0.05, 0.1) is 19.1 Å². The molecule has 31 heavy (non-hydrogen) atoms. The molecule has 0 aliphatic carbocycles. The molecule has 0 saturated carbocycles. The van der Waals surface area contributed by atoms with Gasteiger partial charge in [0, 0.05) is 6.42 Å². The molecule has 3 rings (SSSR count). The first-order chi connectivity index (χ1) is 14.7. The Hall–Kier alpha value is -2.52. The molecule has 0 spiro atoms. The average Bonchev–Trinajstić information content (AvgIpc) is 3.25. The van der Waals surface area contributed by atoms with Crippen molar-refractivity contribution < 1.29 is 34.8 Å². The molecule has 0 radical (unpaired) electrons. The van der Waals surface area contributed by atoms with Crippen molar-refractivity contribution in [1.29, 1.82) is 0 Å². The third-order valence-corrected chi connectivity index (χ3v) is 6.83. The number of carbonyl (C=O) groups is 2. The summed E-state index contributed by atoms with van der Waals surface area (Å²) in [6.45, 7) is -0.445. The summed E-state index contributed by atoms with van der Waals surface area (Å²) in [5.74, 6) is -1.20. The standard InChI is InChI=1S/C17H24N6O7S/c1-31(3-2-8(17(28)29)19-4-10(24)25)5-9-12(26)13(27)16(30-9)23-7-22-11-14(18)20-6-21-15(11)23/h6-9,12-13,16,19,26-27H,2-5H2,1H3,(H3-,18,20,21,24,25,28,29)/p+1/t8-,9+,12+,13+,16+,31?/m0/s1. The van der Waals surface area contributed by atoms with Crippen LogP contribution in [0.1, 0.15) is 12.6 Å². The van der Waals surface area contributed by atoms with Crippen molar-refractivity contribution in [3.05, 3.63) is 12.7 Å². The second kappa shape index (κ2) is 9.74. The first kappa shape index (κ1) is 23.1. The number of carboxylic acids is 2. The number of aromatic nitrogens is 4. The van der Waals surface area contributed by atoms with Crippen LogP contribution in [0.3, 0.4) is 0 Å². The molecule has 2 aromatic rings. The molecule has 1 aliphatic heterocycles. The van der Waals surface area contributed by atoms with E-state index in [0.717, 1.165) is 0 Å². The molecule has 1 unspecified atom stereocenters. The molecule has 0 amide bonds. The summed E-state index contributed by atoms with van der Waals surface area (Å²) in [5.41, 5.74) is 6.51. The van der Waals surface area contributed by atoms with Crippen molar-refractivity contribution in [2.45, 2.75) is 37.0 Å². The molecule has 0 aromatic carbocycles. The van der Waals surface area contributed by atoms with Crippen molar-refractivity contribution >= 4 is 39.8 Å². The molecule has 3 heterocycles. The SMILES string of the molecule is C[S+](CC[C@H](NCC(=O)O)C(=O)O)C[C@H]1O[C@@H](n2cnc3c(N)ncnc32)[C@H](O)[C@@H]1O. The quantitative estimate of drug-likeness (QED) is 0.210. The van der Waals surface area contributed by atoms with Gasteiger partial charge >= 0.3 is 11.9 Å². The van der Waals surface area contributed by atoms with Gasteiger partial charge in [-0.15, -0.1) is 0 Å². The molecule has 1 fully saturated rings. The Kier molecular flexibility index (Phi) is 7.27. The zero-order chi connectivity index (χ0) is 22.7. The van der Waals surface area contributed by atoms with Crippen LogP contribution in [-0.2, 0) is 25.2 Å². The maximum Gasteiger partial charge on any atom is 0.320 e. The number of hydrogen-bond donors (Lipinski definition) is 6. The fourth-order valence-electron chi connectivity index (χ4n) is 3.36. The fourth-order valence-corrected chi connectivity index (χ4v) is 5.00. The van der Waals surface area contributed by atoms with E-state index in [1.54, 1.807) is 0 Å². The Morgan fingerprint density at radius 1 is 1.29 bits per heavy atom. The smallest absolute Gasteiger partial charge is 0.320 e. The summed E-state index contributed by atoms with van der Waals surface area (Å²) < 4.78 is 7.39. The molecule has 170 valence electrons. The highest BCUT2D eigenvalue weighted by Crippen LogP contribution is 2.32. The predicted molar refractivity (Wildman–Crippen MR) is 110 cm³/mol. The first-order valence-corrected chi connectivity index (χ1v) is 11.4. The number of nitrogens with zero attached hydrogens (tertiary/aromatic N) is 4. The van der Waals surface area contributed by atoms with Crippen LogP contribution in [0.2, 0.25) is 0 Å². The van der Waals surface area contributed by atoms with Crippen molar-refractivity contribution in [3.8, 4) is 0 Å². The van der Waals surface area contributed by atoms with Gasteiger partial charge in [-0.3, -0.25) is 19.5 Å². The van der Waals surface area contributed by atoms with E-state index in [9.17, 15) is 24.9 Å². The molecular weight excluding hydrogens is 432 g/mol. The molecule has 1 aliphatic rings. The second-order valence-corrected chi connectivity index (χ2v) is 9.54. The topological polar surface area (TPSA) is 206 Å². The van der Waals surface area contributed by atoms with Crippen LogP contribution in [0.25, 0.3) is 11.2 Å². The second-order valence-electron chi connectivity index (χ2n) is 7.24. The minimum absolute atomic E-state index is 0.188. The Balaban J connectivity index is 1.61. The number of nitrogens with one attached hydrogen (secondary N) is 1. The Bertz CT molecular complexity index is 943. The highest BCUT2D eigenvalue weighted by atomic mass is 32.2. The van der Waals surface area contributed by atoms with Gasteiger partial charge in [-0.2, -0.15) is 0 Å². The Labute approximate surface area is 179 Å². The summed E-state index contributed by atoms with van der Waals surface area (Å²) in [6, 6.07) is -0.985. The van der Waals surface area contributed by atoms with Gasteiger partial charge in [0.15, 0.2) is 17.7 Å². The lowest BCUT2D eigenvalue weighted by Gasteiger charge is -2.16. The molecular formula is C17H25N6O7S+. The first-order valence-electron chi connectivity index (χ1n) is 9.40. The van der Waals surface area contributed by atoms with Crippen LogP contribution in [0.4, 0.5) is 5.82 Å². The maximum atomic E-state index is 11.3. The largest absolute Gasteiger partial charge is 0.480 e. The van der Waals surface area contributed by atoms with Crippen molar-refractivity contribution in [2.24, 2.45) is 0 Å². The van der Waals surface area contributed by atoms with Gasteiger partial charge in [-0.1, -0.05) is 0 Å². The summed E-state index contributed by atoms with van der Waals surface area (Å²) in [5, 5.41) is 41.4. The predicted octanol–water partition coefficient (Wildman–Crippen LogP) is -2.21. The van der Waals surface area contributed by atoms with Crippen LogP contribution in [-0.4, -0.2) is 101 Å². The molecule has 0 bridgehead atoms. The molecule has 14 heteroatoms. The summed E-state index contributed by atoms with van der Waals surface area (Å²) in [7, 11) is -0.357. The number of aliphatic carboxylic acids is 2. The number of aliphatic hydroxyl groups excluding tert-OH is 2. The van der Waals surface area contributed by atoms with Crippen LogP contribution < -0.4 is 11.1 Å². The molecule has 6 atom stereocenters. The van der Waals surface area contributed by atoms with Crippen LogP contribution >= 0.6 is 0 Å². The number of carboxylic acid groups (broad SMARTS) is 2. The monoisotopic (exact) mass is 457 g/mol. The van der Waals surface area contributed by atoms with E-state index in [1.165, 1.54) is 17.2 Å². The van der Waals surface area contributed by atoms with E-state index in [2.05, 4.69) is 20.3 Å². The van der Waals surface area contributed by atoms with Crippen LogP contribution in [0.15, 0.2) is 12.7 Å². The van der Waals surface area contributed by atoms with Gasteiger partial charge in [0.2, 0.25) is 0 Å². The number of fused-ring (bicyclic) bond motifs is 1. The molecule has 2 aromatic heterocycles. The minimum Gasteiger partial charge on any atom is -0.480 e. The van der Waals surface area contributed by atoms with E-state index >= 15 is 0 Å². The normalized spacial score (nSPS) is 25.5. The van der Waals surface area contributed by atoms with Gasteiger partial charge in [-0.05, 0) is 10.9 Å². The number of anilines is 1. The number of ether oxygens (including phenoxy) is 1. The highest BCUT2D eigenvalue weighted by molar-refractivity contribution is 7.96. The number of nitrogen functional groups attached to an aromatic ring is 1. The maximum absolute atomic E-state index is 11.3. The van der Waals surface area contributed by atoms with Crippen LogP contribution in [0.5, 0.6) is 0 Å². The average molecular weight is 457 g/mol. The van der Waals surface area contributed by atoms with E-state index in [-0.39, 0.29) is 23.1 Å². The molecule has 7 N–H and O–H groups in total. The summed E-state index contributed by atoms with van der Waals surface area (Å²) in [4.78, 5) is 34.1. The lowest BCUT2D eigenvalue weighted by Crippen LogP contribution is -2.41. The fraction of sp³-hybridized carbons (Fsp3) is 0.588. The number of rotatable bonds is 10. The van der Waals surface area contributed by atoms with E-state index in [4.69, 9.17) is 15.6 Å². The molecule has 1 saturated heterocycles. The van der Waals surface area contributed by atoms with Gasteiger partial charge in [0.25, 0.3) is 0 Å². The van der Waals surface area contributed by atoms with E-state index in [0.29, 0.717) is 22.7 Å². The Morgan fingerprint density at radius 2 is 2.03 bits per heavy atom. The van der Waals surface area contributed by atoms with Gasteiger partial charge in [0.1, 0.15) is 47.7 Å². The highest BCUT2D eigenvalue weighted by Gasteiger charge is 2.46. The Morgan fingerprint density at radius 3 is 2.71 bits per heavy atom. The van der Waals surface area contributed by atoms with Gasteiger partial charge in [-0.25, -0.2) is 15.0 Å². The summed E-state index contributed by atoms with van der Waals surface area (Å²) >= 11 is 0. The number of nitrogens with two attached hydrogens (primary N) is 1. The number of imidazole rings is 1. The van der Waals surface area contributed by atoms with E-state index < -0.39 is 49.1 Å². The van der Waals surface area contributed by atoms with Crippen molar-refractivity contribution in [3.63, 3.8) is 0 Å². The number of hydrogen-bond acceptors (Lipinski definition) is 10. The van der Waals surface area contributed by atoms with Crippen LogP contribution in [0, 0.1) is 0 Å². The van der Waals surface area contributed by atoms with E-state index in [1.807, 2.05) is 6.26 Å². The van der Waals surface area contributed by atoms with Gasteiger partial charge < -0.3 is 30.9 Å². The molecule has 13 nitrogen and oxygen atoms in total. The number of aliphatic hydroxyl groups is 2. The van der Waals surface area contributed by atoms with Crippen molar-refractivity contribution in [2.75, 3.05) is 30.0 Å². The summed E-state index contributed by atoms with van der Waals surface area (Å²) in [6.07, 6.45) is 0.824. The minimum atomic E-state index is -1.22. The third-order valence-electron chi connectivity index (χ3n) is 5.00.